The number of carbonyl (C=O) groups excluding carboxylic acids is 1. The molecule has 1 aromatic heterocycles. The lowest BCUT2D eigenvalue weighted by molar-refractivity contribution is -0.123. The lowest BCUT2D eigenvalue weighted by Gasteiger charge is -2.24. The van der Waals surface area contributed by atoms with E-state index >= 15 is 0 Å². The van der Waals surface area contributed by atoms with E-state index < -0.39 is 0 Å². The number of hydrogen-bond acceptors (Lipinski definition) is 4. The number of hydrogen-bond donors (Lipinski definition) is 2. The summed E-state index contributed by atoms with van der Waals surface area (Å²) >= 11 is 0. The van der Waals surface area contributed by atoms with Gasteiger partial charge >= 0.3 is 0 Å². The Bertz CT molecular complexity index is 484. The van der Waals surface area contributed by atoms with Crippen LogP contribution in [0.5, 0.6) is 0 Å². The highest BCUT2D eigenvalue weighted by Gasteiger charge is 2.27. The van der Waals surface area contributed by atoms with Crippen molar-refractivity contribution in [2.24, 2.45) is 5.92 Å². The summed E-state index contributed by atoms with van der Waals surface area (Å²) in [5, 5.41) is 20.7. The molecule has 2 aliphatic carbocycles. The summed E-state index contributed by atoms with van der Waals surface area (Å²) < 4.78 is 1.62. The minimum absolute atomic E-state index is 0.0346. The van der Waals surface area contributed by atoms with Crippen molar-refractivity contribution in [1.29, 1.82) is 0 Å². The summed E-state index contributed by atoms with van der Waals surface area (Å²) in [6.45, 7) is 0.370. The number of aliphatic hydroxyl groups excluding tert-OH is 1. The van der Waals surface area contributed by atoms with Gasteiger partial charge in [0.2, 0.25) is 5.91 Å². The van der Waals surface area contributed by atoms with Crippen LogP contribution >= 0.6 is 0 Å². The van der Waals surface area contributed by atoms with Crippen molar-refractivity contribution < 1.29 is 9.90 Å². The van der Waals surface area contributed by atoms with Gasteiger partial charge in [0.25, 0.3) is 0 Å². The van der Waals surface area contributed by atoms with Crippen LogP contribution in [0.1, 0.15) is 56.6 Å². The van der Waals surface area contributed by atoms with E-state index in [9.17, 15) is 9.90 Å². The number of nitrogens with zero attached hydrogens (tertiary/aromatic N) is 3. The van der Waals surface area contributed by atoms with E-state index in [2.05, 4.69) is 15.6 Å². The molecule has 6 nitrogen and oxygen atoms in total. The highest BCUT2D eigenvalue weighted by atomic mass is 16.3. The fourth-order valence-electron chi connectivity index (χ4n) is 3.15. The summed E-state index contributed by atoms with van der Waals surface area (Å²) in [6, 6.07) is 0.0939. The number of aliphatic hydroxyl groups is 1. The van der Waals surface area contributed by atoms with Gasteiger partial charge in [-0.1, -0.05) is 24.5 Å². The van der Waals surface area contributed by atoms with Crippen LogP contribution in [-0.2, 0) is 11.3 Å². The summed E-state index contributed by atoms with van der Waals surface area (Å²) in [6.07, 6.45) is 9.67. The Labute approximate surface area is 124 Å². The highest BCUT2D eigenvalue weighted by molar-refractivity contribution is 5.76. The van der Waals surface area contributed by atoms with Crippen molar-refractivity contribution in [2.45, 2.75) is 63.5 Å². The topological polar surface area (TPSA) is 80.0 Å². The Morgan fingerprint density at radius 2 is 2.10 bits per heavy atom. The van der Waals surface area contributed by atoms with Crippen molar-refractivity contribution in [3.8, 4) is 0 Å². The molecule has 0 aromatic carbocycles. The zero-order chi connectivity index (χ0) is 14.7. The first-order valence-corrected chi connectivity index (χ1v) is 8.06. The summed E-state index contributed by atoms with van der Waals surface area (Å²) in [5.74, 6) is 0.712. The first-order valence-electron chi connectivity index (χ1n) is 8.06. The normalized spacial score (nSPS) is 26.3. The van der Waals surface area contributed by atoms with E-state index in [-0.39, 0.29) is 31.0 Å². The monoisotopic (exact) mass is 292 g/mol. The summed E-state index contributed by atoms with van der Waals surface area (Å²) in [4.78, 5) is 12.2. The molecule has 0 bridgehead atoms. The molecule has 116 valence electrons. The van der Waals surface area contributed by atoms with Crippen LogP contribution in [0, 0.1) is 5.92 Å². The Balaban J connectivity index is 1.54. The van der Waals surface area contributed by atoms with Crippen LogP contribution < -0.4 is 5.32 Å². The molecule has 6 heteroatoms. The molecular weight excluding hydrogens is 268 g/mol. The van der Waals surface area contributed by atoms with Crippen LogP contribution in [0.15, 0.2) is 6.20 Å². The highest BCUT2D eigenvalue weighted by Crippen LogP contribution is 2.38. The van der Waals surface area contributed by atoms with Gasteiger partial charge in [-0.3, -0.25) is 4.79 Å². The third-order valence-corrected chi connectivity index (χ3v) is 4.60. The summed E-state index contributed by atoms with van der Waals surface area (Å²) in [7, 11) is 0. The molecule has 0 spiro atoms. The molecule has 21 heavy (non-hydrogen) atoms. The van der Waals surface area contributed by atoms with Crippen molar-refractivity contribution in [3.63, 3.8) is 0 Å². The molecule has 2 aliphatic rings. The van der Waals surface area contributed by atoms with Gasteiger partial charge < -0.3 is 10.4 Å². The van der Waals surface area contributed by atoms with Crippen molar-refractivity contribution in [1.82, 2.24) is 20.3 Å². The Morgan fingerprint density at radius 1 is 1.29 bits per heavy atom. The Kier molecular flexibility index (Phi) is 4.53. The minimum atomic E-state index is -0.0346. The molecule has 0 radical (unpaired) electrons. The maximum atomic E-state index is 12.2. The molecule has 2 fully saturated rings. The standard InChI is InChI=1S/C15H24N4O2/c20-10-12-4-2-1-3-5-13(12)16-15(21)9-19-8-14(17-18-19)11-6-7-11/h8,11-13,20H,1-7,9-10H2,(H,16,21). The lowest BCUT2D eigenvalue weighted by atomic mass is 9.95. The number of amides is 1. The van der Waals surface area contributed by atoms with Crippen molar-refractivity contribution >= 4 is 5.91 Å². The smallest absolute Gasteiger partial charge is 0.242 e. The van der Waals surface area contributed by atoms with Gasteiger partial charge in [-0.05, 0) is 25.7 Å². The van der Waals surface area contributed by atoms with Gasteiger partial charge in [0.1, 0.15) is 6.54 Å². The van der Waals surface area contributed by atoms with E-state index in [1.165, 1.54) is 19.3 Å². The summed E-state index contributed by atoms with van der Waals surface area (Å²) in [5.41, 5.74) is 1.01. The van der Waals surface area contributed by atoms with E-state index in [4.69, 9.17) is 0 Å². The fourth-order valence-corrected chi connectivity index (χ4v) is 3.15. The second kappa shape index (κ2) is 6.56. The van der Waals surface area contributed by atoms with Gasteiger partial charge in [0.15, 0.2) is 0 Å². The SMILES string of the molecule is O=C(Cn1cc(C2CC2)nn1)NC1CCCCCC1CO. The molecule has 1 amide bonds. The van der Waals surface area contributed by atoms with Gasteiger partial charge in [-0.2, -0.15) is 0 Å². The van der Waals surface area contributed by atoms with Gasteiger partial charge in [-0.25, -0.2) is 4.68 Å². The maximum absolute atomic E-state index is 12.2. The second-order valence-electron chi connectivity index (χ2n) is 6.37. The predicted molar refractivity (Wildman–Crippen MR) is 77.6 cm³/mol. The van der Waals surface area contributed by atoms with Crippen LogP contribution in [0.25, 0.3) is 0 Å². The quantitative estimate of drug-likeness (QED) is 0.800. The molecule has 2 N–H and O–H groups in total. The molecule has 3 rings (SSSR count). The van der Waals surface area contributed by atoms with Crippen molar-refractivity contribution in [3.05, 3.63) is 11.9 Å². The molecule has 2 atom stereocenters. The Morgan fingerprint density at radius 3 is 2.86 bits per heavy atom. The van der Waals surface area contributed by atoms with Gasteiger partial charge in [0.05, 0.1) is 5.69 Å². The largest absolute Gasteiger partial charge is 0.396 e. The van der Waals surface area contributed by atoms with Crippen LogP contribution in [-0.4, -0.2) is 38.7 Å². The van der Waals surface area contributed by atoms with Crippen LogP contribution in [0.4, 0.5) is 0 Å². The maximum Gasteiger partial charge on any atom is 0.242 e. The fraction of sp³-hybridized carbons (Fsp3) is 0.800. The van der Waals surface area contributed by atoms with Crippen LogP contribution in [0.3, 0.4) is 0 Å². The third kappa shape index (κ3) is 3.81. The van der Waals surface area contributed by atoms with Gasteiger partial charge in [0, 0.05) is 30.7 Å². The van der Waals surface area contributed by atoms with Crippen LogP contribution in [0.2, 0.25) is 0 Å². The van der Waals surface area contributed by atoms with Gasteiger partial charge in [-0.15, -0.1) is 5.10 Å². The molecule has 0 saturated heterocycles. The number of carbonyl (C=O) groups is 1. The number of aromatic nitrogens is 3. The number of nitrogens with one attached hydrogen (secondary N) is 1. The minimum Gasteiger partial charge on any atom is -0.396 e. The Hall–Kier alpha value is -1.43. The third-order valence-electron chi connectivity index (χ3n) is 4.60. The second-order valence-corrected chi connectivity index (χ2v) is 6.37. The molecular formula is C15H24N4O2. The van der Waals surface area contributed by atoms with E-state index in [1.54, 1.807) is 4.68 Å². The average Bonchev–Trinajstić information content (AvgIpc) is 3.25. The first kappa shape index (κ1) is 14.5. The first-order chi connectivity index (χ1) is 10.3. The van der Waals surface area contributed by atoms with E-state index in [0.29, 0.717) is 5.92 Å². The molecule has 2 unspecified atom stereocenters. The molecule has 2 saturated carbocycles. The van der Waals surface area contributed by atoms with E-state index in [1.807, 2.05) is 6.20 Å². The zero-order valence-electron chi connectivity index (χ0n) is 12.4. The predicted octanol–water partition coefficient (Wildman–Crippen LogP) is 1.21. The number of rotatable bonds is 5. The van der Waals surface area contributed by atoms with E-state index in [0.717, 1.165) is 31.4 Å². The lowest BCUT2D eigenvalue weighted by Crippen LogP contribution is -2.42. The molecule has 1 aromatic rings. The average molecular weight is 292 g/mol. The van der Waals surface area contributed by atoms with Crippen molar-refractivity contribution in [2.75, 3.05) is 6.61 Å². The zero-order valence-corrected chi connectivity index (χ0v) is 12.4. The molecule has 0 aliphatic heterocycles. The molecule has 1 heterocycles.